The second-order valence-corrected chi connectivity index (χ2v) is 7.85. The molecule has 1 aliphatic rings. The molecule has 0 bridgehead atoms. The zero-order chi connectivity index (χ0) is 21.0. The van der Waals surface area contributed by atoms with Crippen molar-refractivity contribution in [1.82, 2.24) is 14.0 Å². The molecule has 2 heterocycles. The first-order valence-corrected chi connectivity index (χ1v) is 10.1. The Morgan fingerprint density at radius 3 is 2.14 bits per heavy atom. The van der Waals surface area contributed by atoms with Crippen molar-refractivity contribution in [3.63, 3.8) is 0 Å². The fraction of sp³-hybridized carbons (Fsp3) is 0.545. The number of piperidine rings is 1. The molecule has 0 aliphatic carbocycles. The van der Waals surface area contributed by atoms with E-state index in [1.165, 1.54) is 12.6 Å². The summed E-state index contributed by atoms with van der Waals surface area (Å²) in [6, 6.07) is 7.62. The Morgan fingerprint density at radius 1 is 0.931 bits per heavy atom. The van der Waals surface area contributed by atoms with Crippen LogP contribution >= 0.6 is 0 Å². The Kier molecular flexibility index (Phi) is 6.79. The third-order valence-electron chi connectivity index (χ3n) is 5.97. The first-order valence-electron chi connectivity index (χ1n) is 10.1. The predicted octanol–water partition coefficient (Wildman–Crippen LogP) is 1.95. The molecule has 0 atom stereocenters. The number of rotatable bonds is 7. The second kappa shape index (κ2) is 9.31. The van der Waals surface area contributed by atoms with Gasteiger partial charge in [0.05, 0.1) is 14.2 Å². The molecule has 0 unspecified atom stereocenters. The average molecular weight is 402 g/mol. The Labute approximate surface area is 171 Å². The van der Waals surface area contributed by atoms with Crippen molar-refractivity contribution in [2.45, 2.75) is 32.2 Å². The Hall–Kier alpha value is -2.54. The van der Waals surface area contributed by atoms with E-state index in [1.54, 1.807) is 31.9 Å². The molecule has 0 radical (unpaired) electrons. The van der Waals surface area contributed by atoms with Crippen molar-refractivity contribution in [3.05, 3.63) is 56.4 Å². The summed E-state index contributed by atoms with van der Waals surface area (Å²) in [5, 5.41) is 0. The second-order valence-electron chi connectivity index (χ2n) is 7.85. The monoisotopic (exact) mass is 401 g/mol. The quantitative estimate of drug-likeness (QED) is 0.710. The van der Waals surface area contributed by atoms with Crippen LogP contribution in [-0.2, 0) is 27.1 Å². The number of nitrogens with zero attached hydrogens (tertiary/aromatic N) is 3. The summed E-state index contributed by atoms with van der Waals surface area (Å²) in [6.45, 7) is 2.60. The van der Waals surface area contributed by atoms with Gasteiger partial charge in [0.25, 0.3) is 5.56 Å². The lowest BCUT2D eigenvalue weighted by Crippen LogP contribution is -2.40. The van der Waals surface area contributed by atoms with Crippen LogP contribution in [0.5, 0.6) is 11.5 Å². The maximum atomic E-state index is 12.1. The van der Waals surface area contributed by atoms with E-state index < -0.39 is 0 Å². The number of ether oxygens (including phenoxy) is 2. The summed E-state index contributed by atoms with van der Waals surface area (Å²) in [5.41, 5.74) is 1.50. The summed E-state index contributed by atoms with van der Waals surface area (Å²) in [4.78, 5) is 26.4. The minimum atomic E-state index is -0.267. The van der Waals surface area contributed by atoms with E-state index in [1.807, 2.05) is 6.07 Å². The molecule has 1 fully saturated rings. The third-order valence-corrected chi connectivity index (χ3v) is 5.97. The number of likely N-dealkylation sites (tertiary alicyclic amines) is 1. The molecule has 1 saturated heterocycles. The highest BCUT2D eigenvalue weighted by Crippen LogP contribution is 2.27. The smallest absolute Gasteiger partial charge is 0.330 e. The number of methoxy groups -OCH3 is 2. The summed E-state index contributed by atoms with van der Waals surface area (Å²) in [5.74, 6) is 2.33. The van der Waals surface area contributed by atoms with Crippen molar-refractivity contribution in [1.29, 1.82) is 0 Å². The summed E-state index contributed by atoms with van der Waals surface area (Å²) in [7, 11) is 6.59. The van der Waals surface area contributed by atoms with Gasteiger partial charge in [0.2, 0.25) is 0 Å². The number of aromatic nitrogens is 2. The highest BCUT2D eigenvalue weighted by Gasteiger charge is 2.20. The van der Waals surface area contributed by atoms with Crippen molar-refractivity contribution in [2.75, 3.05) is 27.3 Å². The van der Waals surface area contributed by atoms with Crippen LogP contribution < -0.4 is 20.7 Å². The van der Waals surface area contributed by atoms with Crippen molar-refractivity contribution < 1.29 is 9.47 Å². The van der Waals surface area contributed by atoms with Gasteiger partial charge in [0, 0.05) is 38.5 Å². The van der Waals surface area contributed by atoms with Crippen molar-refractivity contribution in [3.8, 4) is 11.5 Å². The first-order chi connectivity index (χ1) is 13.9. The van der Waals surface area contributed by atoms with E-state index in [4.69, 9.17) is 9.47 Å². The third kappa shape index (κ3) is 5.09. The summed E-state index contributed by atoms with van der Waals surface area (Å²) in [6.07, 6.45) is 4.38. The fourth-order valence-corrected chi connectivity index (χ4v) is 3.97. The zero-order valence-electron chi connectivity index (χ0n) is 17.8. The van der Waals surface area contributed by atoms with Gasteiger partial charge in [-0.3, -0.25) is 18.8 Å². The molecule has 158 valence electrons. The first kappa shape index (κ1) is 21.2. The van der Waals surface area contributed by atoms with Gasteiger partial charge in [-0.2, -0.15) is 0 Å². The minimum absolute atomic E-state index is 0.244. The van der Waals surface area contributed by atoms with Crippen molar-refractivity contribution >= 4 is 0 Å². The predicted molar refractivity (Wildman–Crippen MR) is 113 cm³/mol. The van der Waals surface area contributed by atoms with Gasteiger partial charge in [-0.1, -0.05) is 0 Å². The van der Waals surface area contributed by atoms with Crippen LogP contribution in [0.2, 0.25) is 0 Å². The van der Waals surface area contributed by atoms with Crippen LogP contribution in [-0.4, -0.2) is 41.3 Å². The Morgan fingerprint density at radius 2 is 1.55 bits per heavy atom. The lowest BCUT2D eigenvalue weighted by molar-refractivity contribution is 0.168. The Balaban J connectivity index is 1.54. The normalized spacial score (nSPS) is 15.4. The van der Waals surface area contributed by atoms with Crippen LogP contribution in [0.15, 0.2) is 33.9 Å². The van der Waals surface area contributed by atoms with Gasteiger partial charge in [0.1, 0.15) is 11.5 Å². The Bertz CT molecular complexity index is 933. The average Bonchev–Trinajstić information content (AvgIpc) is 2.75. The molecule has 1 aromatic heterocycles. The highest BCUT2D eigenvalue weighted by atomic mass is 16.5. The van der Waals surface area contributed by atoms with Crippen LogP contribution in [0.3, 0.4) is 0 Å². The van der Waals surface area contributed by atoms with E-state index in [-0.39, 0.29) is 11.2 Å². The van der Waals surface area contributed by atoms with Crippen LogP contribution in [0.4, 0.5) is 0 Å². The molecule has 0 N–H and O–H groups in total. The molecule has 0 spiro atoms. The maximum absolute atomic E-state index is 12.1. The molecule has 29 heavy (non-hydrogen) atoms. The number of aryl methyl sites for hydroxylation is 1. The minimum Gasteiger partial charge on any atom is -0.497 e. The van der Waals surface area contributed by atoms with E-state index >= 15 is 0 Å². The topological polar surface area (TPSA) is 65.7 Å². The van der Waals surface area contributed by atoms with Gasteiger partial charge >= 0.3 is 5.69 Å². The van der Waals surface area contributed by atoms with Crippen LogP contribution in [0.25, 0.3) is 0 Å². The number of benzene rings is 1. The maximum Gasteiger partial charge on any atom is 0.330 e. The molecule has 1 aliphatic heterocycles. The van der Waals surface area contributed by atoms with Gasteiger partial charge in [-0.25, -0.2) is 4.79 Å². The molecule has 0 saturated carbocycles. The van der Waals surface area contributed by atoms with E-state index in [0.29, 0.717) is 12.5 Å². The molecular formula is C22H31N3O4. The highest BCUT2D eigenvalue weighted by molar-refractivity contribution is 5.38. The molecular weight excluding hydrogens is 370 g/mol. The lowest BCUT2D eigenvalue weighted by Gasteiger charge is -2.32. The van der Waals surface area contributed by atoms with Gasteiger partial charge in [0.15, 0.2) is 0 Å². The van der Waals surface area contributed by atoms with Crippen LogP contribution in [0, 0.1) is 5.92 Å². The van der Waals surface area contributed by atoms with Gasteiger partial charge < -0.3 is 9.47 Å². The van der Waals surface area contributed by atoms with E-state index in [0.717, 1.165) is 60.5 Å². The standard InChI is InChI=1S/C22H31N3O4/c1-23-18(13-21(26)24(2)22(23)27)15-25-9-7-16(8-10-25)5-6-17-11-19(28-3)14-20(12-17)29-4/h11-14,16H,5-10,15H2,1-4H3. The molecule has 2 aromatic rings. The molecule has 7 heteroatoms. The van der Waals surface area contributed by atoms with Crippen molar-refractivity contribution in [2.24, 2.45) is 20.0 Å². The SMILES string of the molecule is COc1cc(CCC2CCN(Cc3cc(=O)n(C)c(=O)n3C)CC2)cc(OC)c1. The largest absolute Gasteiger partial charge is 0.497 e. The molecule has 1 aromatic carbocycles. The summed E-state index contributed by atoms with van der Waals surface area (Å²) < 4.78 is 13.4. The zero-order valence-corrected chi connectivity index (χ0v) is 17.8. The van der Waals surface area contributed by atoms with E-state index in [2.05, 4.69) is 17.0 Å². The van der Waals surface area contributed by atoms with Gasteiger partial charge in [-0.15, -0.1) is 0 Å². The number of hydrogen-bond acceptors (Lipinski definition) is 5. The molecule has 7 nitrogen and oxygen atoms in total. The lowest BCUT2D eigenvalue weighted by atomic mass is 9.90. The van der Waals surface area contributed by atoms with E-state index in [9.17, 15) is 9.59 Å². The number of hydrogen-bond donors (Lipinski definition) is 0. The molecule has 0 amide bonds. The van der Waals surface area contributed by atoms with Gasteiger partial charge in [-0.05, 0) is 62.4 Å². The molecule has 3 rings (SSSR count). The van der Waals surface area contributed by atoms with Crippen LogP contribution in [0.1, 0.15) is 30.5 Å². The summed E-state index contributed by atoms with van der Waals surface area (Å²) >= 11 is 0. The fourth-order valence-electron chi connectivity index (χ4n) is 3.97.